The number of carbonyl (C=O) groups is 1. The van der Waals surface area contributed by atoms with Crippen LogP contribution >= 0.6 is 0 Å². The standard InChI is InChI=1S/C26H28F2N6O/c1-17-14-20(4-7-23(17)27)30-18(2)31-25-19(16-29)8-9-34(25)21-5-6-22(24(28)15-21)26(35)33-12-10-32(3)11-13-33/h4-9,14-16,29-31H,2,10-13H2,1,3H3. The van der Waals surface area contributed by atoms with Gasteiger partial charge in [0.05, 0.1) is 5.56 Å². The van der Waals surface area contributed by atoms with Gasteiger partial charge in [0.2, 0.25) is 0 Å². The second-order valence-electron chi connectivity index (χ2n) is 8.59. The number of likely N-dealkylation sites (N-methyl/N-ethyl adjacent to an activating group) is 1. The molecule has 1 aliphatic rings. The van der Waals surface area contributed by atoms with E-state index in [0.717, 1.165) is 13.1 Å². The Morgan fingerprint density at radius 1 is 1.03 bits per heavy atom. The maximum absolute atomic E-state index is 15.1. The van der Waals surface area contributed by atoms with Crippen LogP contribution in [0.2, 0.25) is 0 Å². The van der Waals surface area contributed by atoms with Crippen molar-refractivity contribution in [3.8, 4) is 5.69 Å². The summed E-state index contributed by atoms with van der Waals surface area (Å²) in [5.41, 5.74) is 2.21. The molecule has 0 saturated carbocycles. The van der Waals surface area contributed by atoms with E-state index >= 15 is 4.39 Å². The Balaban J connectivity index is 1.55. The zero-order chi connectivity index (χ0) is 25.1. The van der Waals surface area contributed by atoms with Crippen LogP contribution in [0.25, 0.3) is 5.69 Å². The predicted molar refractivity (Wildman–Crippen MR) is 135 cm³/mol. The van der Waals surface area contributed by atoms with E-state index in [1.165, 1.54) is 24.4 Å². The lowest BCUT2D eigenvalue weighted by Gasteiger charge is -2.32. The molecule has 0 atom stereocenters. The quantitative estimate of drug-likeness (QED) is 0.439. The highest BCUT2D eigenvalue weighted by molar-refractivity contribution is 5.95. The first-order chi connectivity index (χ1) is 16.8. The number of piperazine rings is 1. The molecule has 1 fully saturated rings. The number of carbonyl (C=O) groups excluding carboxylic acids is 1. The summed E-state index contributed by atoms with van der Waals surface area (Å²) in [6.07, 6.45) is 2.88. The van der Waals surface area contributed by atoms with Crippen LogP contribution in [0.1, 0.15) is 21.5 Å². The van der Waals surface area contributed by atoms with Crippen molar-refractivity contribution in [2.45, 2.75) is 6.92 Å². The molecule has 1 aliphatic heterocycles. The fourth-order valence-corrected chi connectivity index (χ4v) is 3.99. The average molecular weight is 479 g/mol. The maximum atomic E-state index is 15.1. The van der Waals surface area contributed by atoms with E-state index < -0.39 is 5.82 Å². The molecular formula is C26H28F2N6O. The second-order valence-corrected chi connectivity index (χ2v) is 8.59. The number of anilines is 2. The maximum Gasteiger partial charge on any atom is 0.256 e. The van der Waals surface area contributed by atoms with Crippen molar-refractivity contribution in [2.75, 3.05) is 43.9 Å². The predicted octanol–water partition coefficient (Wildman–Crippen LogP) is 4.44. The Hall–Kier alpha value is -3.98. The van der Waals surface area contributed by atoms with Gasteiger partial charge in [-0.2, -0.15) is 0 Å². The number of halogens is 2. The Morgan fingerprint density at radius 3 is 2.43 bits per heavy atom. The summed E-state index contributed by atoms with van der Waals surface area (Å²) in [5.74, 6) is -0.345. The molecule has 3 N–H and O–H groups in total. The first-order valence-electron chi connectivity index (χ1n) is 11.3. The molecule has 2 aromatic carbocycles. The molecule has 0 radical (unpaired) electrons. The number of nitrogens with zero attached hydrogens (tertiary/aromatic N) is 3. The van der Waals surface area contributed by atoms with Crippen molar-refractivity contribution < 1.29 is 13.6 Å². The van der Waals surface area contributed by atoms with Gasteiger partial charge in [-0.25, -0.2) is 8.78 Å². The fourth-order valence-electron chi connectivity index (χ4n) is 3.99. The van der Waals surface area contributed by atoms with Gasteiger partial charge in [-0.1, -0.05) is 6.58 Å². The average Bonchev–Trinajstić information content (AvgIpc) is 3.23. The molecule has 7 nitrogen and oxygen atoms in total. The van der Waals surface area contributed by atoms with Crippen LogP contribution in [0.3, 0.4) is 0 Å². The molecule has 0 bridgehead atoms. The molecule has 2 heterocycles. The summed E-state index contributed by atoms with van der Waals surface area (Å²) in [6.45, 7) is 8.27. The van der Waals surface area contributed by atoms with Gasteiger partial charge in [-0.15, -0.1) is 0 Å². The zero-order valence-electron chi connectivity index (χ0n) is 19.7. The van der Waals surface area contributed by atoms with Gasteiger partial charge in [-0.3, -0.25) is 4.79 Å². The smallest absolute Gasteiger partial charge is 0.256 e. The molecule has 0 spiro atoms. The van der Waals surface area contributed by atoms with Gasteiger partial charge < -0.3 is 30.4 Å². The first-order valence-corrected chi connectivity index (χ1v) is 11.3. The molecule has 0 aliphatic carbocycles. The third-order valence-corrected chi connectivity index (χ3v) is 6.05. The highest BCUT2D eigenvalue weighted by Crippen LogP contribution is 2.25. The van der Waals surface area contributed by atoms with Gasteiger partial charge in [0.1, 0.15) is 23.3 Å². The number of aryl methyl sites for hydroxylation is 1. The van der Waals surface area contributed by atoms with Crippen molar-refractivity contribution in [1.29, 1.82) is 5.41 Å². The molecule has 1 amide bonds. The van der Waals surface area contributed by atoms with Crippen LogP contribution in [0.15, 0.2) is 61.1 Å². The van der Waals surface area contributed by atoms with Gasteiger partial charge in [0, 0.05) is 55.5 Å². The third kappa shape index (κ3) is 5.25. The highest BCUT2D eigenvalue weighted by Gasteiger charge is 2.23. The molecule has 0 unspecified atom stereocenters. The van der Waals surface area contributed by atoms with Crippen molar-refractivity contribution in [1.82, 2.24) is 14.4 Å². The largest absolute Gasteiger partial charge is 0.342 e. The molecule has 1 aromatic heterocycles. The van der Waals surface area contributed by atoms with E-state index in [4.69, 9.17) is 5.41 Å². The summed E-state index contributed by atoms with van der Waals surface area (Å²) in [7, 11) is 1.99. The van der Waals surface area contributed by atoms with Crippen molar-refractivity contribution >= 4 is 23.6 Å². The number of benzene rings is 2. The number of nitrogens with one attached hydrogen (secondary N) is 3. The minimum atomic E-state index is -0.610. The molecular weight excluding hydrogens is 450 g/mol. The first kappa shape index (κ1) is 24.2. The number of amides is 1. The summed E-state index contributed by atoms with van der Waals surface area (Å²) < 4.78 is 30.3. The lowest BCUT2D eigenvalue weighted by molar-refractivity contribution is 0.0659. The topological polar surface area (TPSA) is 76.4 Å². The summed E-state index contributed by atoms with van der Waals surface area (Å²) >= 11 is 0. The van der Waals surface area contributed by atoms with Gasteiger partial charge in [0.25, 0.3) is 5.91 Å². The number of rotatable bonds is 7. The lowest BCUT2D eigenvalue weighted by Crippen LogP contribution is -2.47. The van der Waals surface area contributed by atoms with Crippen molar-refractivity contribution in [2.24, 2.45) is 0 Å². The third-order valence-electron chi connectivity index (χ3n) is 6.05. The Bertz CT molecular complexity index is 1280. The molecule has 182 valence electrons. The SMILES string of the molecule is C=C(Nc1ccc(F)c(C)c1)Nc1c(C=N)ccn1-c1ccc(C(=O)N2CCN(C)CC2)c(F)c1. The molecule has 3 aromatic rings. The molecule has 1 saturated heterocycles. The number of aromatic nitrogens is 1. The Morgan fingerprint density at radius 2 is 1.77 bits per heavy atom. The van der Waals surface area contributed by atoms with Crippen LogP contribution in [0.5, 0.6) is 0 Å². The normalized spacial score (nSPS) is 14.0. The Labute approximate surface area is 203 Å². The van der Waals surface area contributed by atoms with Crippen molar-refractivity contribution in [3.63, 3.8) is 0 Å². The van der Waals surface area contributed by atoms with Gasteiger partial charge in [0.15, 0.2) is 0 Å². The minimum absolute atomic E-state index is 0.0324. The monoisotopic (exact) mass is 478 g/mol. The number of hydrogen-bond acceptors (Lipinski definition) is 5. The van der Waals surface area contributed by atoms with Crippen LogP contribution < -0.4 is 10.6 Å². The summed E-state index contributed by atoms with van der Waals surface area (Å²) in [5, 5.41) is 13.9. The zero-order valence-corrected chi connectivity index (χ0v) is 19.7. The summed E-state index contributed by atoms with van der Waals surface area (Å²) in [6, 6.07) is 10.8. The van der Waals surface area contributed by atoms with Crippen LogP contribution in [0, 0.1) is 24.0 Å². The second kappa shape index (κ2) is 10.1. The van der Waals surface area contributed by atoms with E-state index in [0.29, 0.717) is 47.2 Å². The van der Waals surface area contributed by atoms with Crippen LogP contribution in [0.4, 0.5) is 20.3 Å². The van der Waals surface area contributed by atoms with Crippen LogP contribution in [-0.2, 0) is 0 Å². The van der Waals surface area contributed by atoms with Crippen LogP contribution in [-0.4, -0.2) is 59.7 Å². The lowest BCUT2D eigenvalue weighted by atomic mass is 10.1. The summed E-state index contributed by atoms with van der Waals surface area (Å²) in [4.78, 5) is 16.6. The number of hydrogen-bond donors (Lipinski definition) is 3. The van der Waals surface area contributed by atoms with E-state index in [2.05, 4.69) is 22.1 Å². The van der Waals surface area contributed by atoms with E-state index in [1.807, 2.05) is 7.05 Å². The van der Waals surface area contributed by atoms with E-state index in [-0.39, 0.29) is 17.3 Å². The molecule has 9 heteroatoms. The van der Waals surface area contributed by atoms with Crippen molar-refractivity contribution in [3.05, 3.63) is 89.4 Å². The molecule has 4 rings (SSSR count). The fraction of sp³-hybridized carbons (Fsp3) is 0.231. The minimum Gasteiger partial charge on any atom is -0.342 e. The highest BCUT2D eigenvalue weighted by atomic mass is 19.1. The van der Waals surface area contributed by atoms with E-state index in [9.17, 15) is 9.18 Å². The van der Waals surface area contributed by atoms with Gasteiger partial charge in [-0.05, 0) is 62.0 Å². The Kier molecular flexibility index (Phi) is 6.97. The van der Waals surface area contributed by atoms with E-state index in [1.54, 1.807) is 46.9 Å². The van der Waals surface area contributed by atoms with Gasteiger partial charge >= 0.3 is 0 Å². The molecule has 35 heavy (non-hydrogen) atoms.